The van der Waals surface area contributed by atoms with Crippen molar-refractivity contribution in [3.63, 3.8) is 0 Å². The number of carbonyl (C=O) groups is 1. The summed E-state index contributed by atoms with van der Waals surface area (Å²) in [6.45, 7) is -0.0931. The van der Waals surface area contributed by atoms with Crippen LogP contribution in [0.1, 0.15) is 21.7 Å². The predicted molar refractivity (Wildman–Crippen MR) is 104 cm³/mol. The number of halogens is 3. The van der Waals surface area contributed by atoms with Crippen molar-refractivity contribution in [2.45, 2.75) is 12.1 Å². The number of nitrogens with two attached hydrogens (primary N) is 1. The maximum Gasteiger partial charge on any atom is 0.400 e. The molecule has 0 aliphatic rings. The van der Waals surface area contributed by atoms with E-state index in [1.165, 1.54) is 12.1 Å². The van der Waals surface area contributed by atoms with Gasteiger partial charge in [-0.15, -0.1) is 11.3 Å². The first-order chi connectivity index (χ1) is 12.6. The molecule has 0 spiro atoms. The van der Waals surface area contributed by atoms with Crippen LogP contribution in [-0.4, -0.2) is 42.7 Å². The number of amides is 1. The quantitative estimate of drug-likeness (QED) is 0.357. The summed E-state index contributed by atoms with van der Waals surface area (Å²) in [5.74, 6) is -1.07. The Morgan fingerprint density at radius 1 is 1.39 bits per heavy atom. The van der Waals surface area contributed by atoms with Gasteiger partial charge in [0.05, 0.1) is 17.1 Å². The number of benzene rings is 1. The van der Waals surface area contributed by atoms with Crippen molar-refractivity contribution in [2.24, 2.45) is 5.73 Å². The van der Waals surface area contributed by atoms with Crippen LogP contribution in [-0.2, 0) is 20.1 Å². The molecule has 8 nitrogen and oxygen atoms in total. The number of alkyl halides is 2. The van der Waals surface area contributed by atoms with Gasteiger partial charge in [-0.25, -0.2) is 8.42 Å². The number of fused-ring (bicyclic) bond motifs is 1. The van der Waals surface area contributed by atoms with Crippen molar-refractivity contribution in [3.8, 4) is 5.75 Å². The Kier molecular flexibility index (Phi) is 6.59. The molecule has 0 bridgehead atoms. The zero-order chi connectivity index (χ0) is 21.5. The molecule has 1 amide bonds. The van der Waals surface area contributed by atoms with E-state index in [0.29, 0.717) is 11.3 Å². The number of rotatable bonds is 8. The zero-order valence-corrected chi connectivity index (χ0v) is 18.3. The Morgan fingerprint density at radius 2 is 2.00 bits per heavy atom. The van der Waals surface area contributed by atoms with Crippen LogP contribution < -0.4 is 10.5 Å². The molecule has 0 atom stereocenters. The lowest BCUT2D eigenvalue weighted by molar-refractivity contribution is 0.0595. The summed E-state index contributed by atoms with van der Waals surface area (Å²) in [5.41, 5.74) is 0.703. The highest BCUT2D eigenvalue weighted by Crippen LogP contribution is 2.63. The molecule has 0 unspecified atom stereocenters. The van der Waals surface area contributed by atoms with Gasteiger partial charge in [0.25, 0.3) is 0 Å². The topological polar surface area (TPSA) is 144 Å². The number of ether oxygens (including phenoxy) is 1. The largest absolute Gasteiger partial charge is 0.492 e. The molecule has 14 heteroatoms. The molecular weight excluding hydrogens is 507 g/mol. The molecule has 0 fully saturated rings. The molecular formula is C14H15BrF2NO7PS2. The van der Waals surface area contributed by atoms with E-state index in [1.54, 1.807) is 0 Å². The maximum absolute atomic E-state index is 14.2. The first kappa shape index (κ1) is 23.2. The minimum absolute atomic E-state index is 0.0294. The molecule has 2 rings (SSSR count). The molecule has 0 saturated carbocycles. The van der Waals surface area contributed by atoms with E-state index in [9.17, 15) is 26.6 Å². The van der Waals surface area contributed by atoms with Gasteiger partial charge in [-0.2, -0.15) is 8.78 Å². The lowest BCUT2D eigenvalue weighted by atomic mass is 10.1. The average molecular weight is 522 g/mol. The van der Waals surface area contributed by atoms with E-state index in [-0.39, 0.29) is 44.7 Å². The number of hydrogen-bond donors (Lipinski definition) is 3. The molecule has 1 aromatic carbocycles. The van der Waals surface area contributed by atoms with Crippen molar-refractivity contribution >= 4 is 60.7 Å². The van der Waals surface area contributed by atoms with E-state index in [0.717, 1.165) is 6.26 Å². The van der Waals surface area contributed by atoms with E-state index in [4.69, 9.17) is 20.3 Å². The molecule has 0 aliphatic carbocycles. The third-order valence-electron chi connectivity index (χ3n) is 3.54. The van der Waals surface area contributed by atoms with Crippen LogP contribution in [0.4, 0.5) is 8.78 Å². The highest BCUT2D eigenvalue weighted by Gasteiger charge is 2.53. The van der Waals surface area contributed by atoms with Gasteiger partial charge in [0.1, 0.15) is 20.5 Å². The fourth-order valence-corrected chi connectivity index (χ4v) is 5.84. The summed E-state index contributed by atoms with van der Waals surface area (Å²) in [4.78, 5) is 28.6. The first-order valence-electron chi connectivity index (χ1n) is 7.45. The van der Waals surface area contributed by atoms with Crippen LogP contribution in [0.5, 0.6) is 5.75 Å². The number of primary amides is 1. The van der Waals surface area contributed by atoms with E-state index in [1.807, 2.05) is 0 Å². The molecule has 28 heavy (non-hydrogen) atoms. The van der Waals surface area contributed by atoms with Crippen molar-refractivity contribution in [1.29, 1.82) is 0 Å². The fraction of sp³-hybridized carbons (Fsp3) is 0.357. The van der Waals surface area contributed by atoms with Crippen LogP contribution in [0.15, 0.2) is 16.6 Å². The average Bonchev–Trinajstić information content (AvgIpc) is 2.87. The minimum Gasteiger partial charge on any atom is -0.492 e. The SMILES string of the molecule is CS(=O)(=O)CCCOc1cc(C(N)=O)cc2c(Br)c(C(F)(F)P(=O)(O)O)sc12. The molecule has 4 N–H and O–H groups in total. The molecule has 0 radical (unpaired) electrons. The fourth-order valence-electron chi connectivity index (χ4n) is 2.22. The third kappa shape index (κ3) is 4.89. The minimum atomic E-state index is -5.82. The van der Waals surface area contributed by atoms with Gasteiger partial charge in [0.15, 0.2) is 0 Å². The summed E-state index contributed by atoms with van der Waals surface area (Å²) >= 11 is 3.29. The number of carbonyl (C=O) groups excluding carboxylic acids is 1. The Bertz CT molecular complexity index is 1080. The van der Waals surface area contributed by atoms with Crippen molar-refractivity contribution in [2.75, 3.05) is 18.6 Å². The Morgan fingerprint density at radius 3 is 2.50 bits per heavy atom. The number of thiophene rings is 1. The zero-order valence-electron chi connectivity index (χ0n) is 14.2. The van der Waals surface area contributed by atoms with Crippen molar-refractivity contribution < 1.29 is 41.1 Å². The van der Waals surface area contributed by atoms with Gasteiger partial charge in [0.2, 0.25) is 5.91 Å². The molecule has 0 saturated heterocycles. The summed E-state index contributed by atoms with van der Waals surface area (Å²) < 4.78 is 67.2. The van der Waals surface area contributed by atoms with Gasteiger partial charge in [-0.1, -0.05) is 0 Å². The van der Waals surface area contributed by atoms with Crippen LogP contribution in [0.25, 0.3) is 10.1 Å². The highest BCUT2D eigenvalue weighted by molar-refractivity contribution is 9.10. The normalized spacial score (nSPS) is 13.1. The van der Waals surface area contributed by atoms with Crippen molar-refractivity contribution in [3.05, 3.63) is 27.0 Å². The lowest BCUT2D eigenvalue weighted by Gasteiger charge is -2.16. The summed E-state index contributed by atoms with van der Waals surface area (Å²) in [7, 11) is -9.04. The van der Waals surface area contributed by atoms with Gasteiger partial charge in [-0.3, -0.25) is 9.36 Å². The monoisotopic (exact) mass is 521 g/mol. The van der Waals surface area contributed by atoms with Crippen LogP contribution in [0.3, 0.4) is 0 Å². The maximum atomic E-state index is 14.2. The van der Waals surface area contributed by atoms with E-state index in [2.05, 4.69) is 15.9 Å². The lowest BCUT2D eigenvalue weighted by Crippen LogP contribution is -2.12. The Balaban J connectivity index is 2.55. The van der Waals surface area contributed by atoms with E-state index >= 15 is 0 Å². The second kappa shape index (κ2) is 7.96. The smallest absolute Gasteiger partial charge is 0.400 e. The van der Waals surface area contributed by atoms with Crippen molar-refractivity contribution in [1.82, 2.24) is 0 Å². The second-order valence-corrected chi connectivity index (χ2v) is 11.6. The summed E-state index contributed by atoms with van der Waals surface area (Å²) in [6, 6.07) is 2.40. The first-order valence-corrected chi connectivity index (χ1v) is 12.7. The molecule has 1 aromatic heterocycles. The summed E-state index contributed by atoms with van der Waals surface area (Å²) in [5, 5.41) is 0.0579. The Labute approximate surface area is 170 Å². The molecule has 156 valence electrons. The predicted octanol–water partition coefficient (Wildman–Crippen LogP) is 2.80. The second-order valence-electron chi connectivity index (χ2n) is 5.88. The highest BCUT2D eigenvalue weighted by atomic mass is 79.9. The molecule has 1 heterocycles. The molecule has 2 aromatic rings. The van der Waals surface area contributed by atoms with E-state index < -0.39 is 33.9 Å². The van der Waals surface area contributed by atoms with Crippen LogP contribution in [0, 0.1) is 0 Å². The van der Waals surface area contributed by atoms with Crippen LogP contribution >= 0.6 is 34.9 Å². The van der Waals surface area contributed by atoms with Gasteiger partial charge in [0, 0.05) is 21.7 Å². The standard InChI is InChI=1S/C14H15BrF2NO7PS2/c1-28(23,24)4-2-3-25-9-6-7(13(18)19)5-8-10(15)12(27-11(8)9)14(16,17)26(20,21)22/h5-6H,2-4H2,1H3,(H2,18,19)(H2,20,21,22). The number of sulfone groups is 1. The van der Waals surface area contributed by atoms with Gasteiger partial charge < -0.3 is 20.3 Å². The Hall–Kier alpha value is -1.11. The third-order valence-corrected chi connectivity index (χ3v) is 8.05. The summed E-state index contributed by atoms with van der Waals surface area (Å²) in [6.07, 6.45) is 1.16. The van der Waals surface area contributed by atoms with Gasteiger partial charge in [-0.05, 0) is 34.5 Å². The number of hydrogen-bond acceptors (Lipinski definition) is 6. The van der Waals surface area contributed by atoms with Crippen LogP contribution in [0.2, 0.25) is 0 Å². The van der Waals surface area contributed by atoms with Gasteiger partial charge >= 0.3 is 13.3 Å². The molecule has 0 aliphatic heterocycles.